The number of benzene rings is 2. The van der Waals surface area contributed by atoms with E-state index in [1.54, 1.807) is 12.1 Å². The molecule has 0 fully saturated rings. The maximum absolute atomic E-state index is 12.6. The van der Waals surface area contributed by atoms with Crippen molar-refractivity contribution in [2.24, 2.45) is 0 Å². The number of aryl methyl sites for hydroxylation is 2. The number of hydrogen-bond donors (Lipinski definition) is 1. The van der Waals surface area contributed by atoms with Crippen molar-refractivity contribution in [2.45, 2.75) is 36.7 Å². The molecule has 0 unspecified atom stereocenters. The smallest absolute Gasteiger partial charge is 0.277 e. The third-order valence-corrected chi connectivity index (χ3v) is 5.97. The molecule has 2 aliphatic rings. The minimum Gasteiger partial charge on any atom is -0.454 e. The van der Waals surface area contributed by atoms with Gasteiger partial charge in [-0.1, -0.05) is 17.8 Å². The van der Waals surface area contributed by atoms with Crippen molar-refractivity contribution in [3.63, 3.8) is 0 Å². The van der Waals surface area contributed by atoms with Crippen LogP contribution in [0.25, 0.3) is 11.5 Å². The van der Waals surface area contributed by atoms with E-state index < -0.39 is 0 Å². The molecule has 8 heteroatoms. The molecular formula is C21H19N3O4S. The summed E-state index contributed by atoms with van der Waals surface area (Å²) in [6.45, 7) is 2.03. The molecule has 2 heterocycles. The fourth-order valence-corrected chi connectivity index (χ4v) is 4.19. The lowest BCUT2D eigenvalue weighted by Crippen LogP contribution is -2.22. The highest BCUT2D eigenvalue weighted by molar-refractivity contribution is 8.00. The average molecular weight is 409 g/mol. The van der Waals surface area contributed by atoms with Gasteiger partial charge in [0.1, 0.15) is 0 Å². The Bertz CT molecular complexity index is 1080. The van der Waals surface area contributed by atoms with Crippen LogP contribution in [0.15, 0.2) is 46.0 Å². The molecule has 1 aromatic heterocycles. The molecule has 29 heavy (non-hydrogen) atoms. The van der Waals surface area contributed by atoms with E-state index in [-0.39, 0.29) is 18.0 Å². The minimum absolute atomic E-state index is 0.101. The summed E-state index contributed by atoms with van der Waals surface area (Å²) in [7, 11) is 0. The average Bonchev–Trinajstić information content (AvgIpc) is 3.47. The number of rotatable bonds is 5. The summed E-state index contributed by atoms with van der Waals surface area (Å²) in [5, 5.41) is 11.1. The maximum atomic E-state index is 12.6. The topological polar surface area (TPSA) is 86.5 Å². The number of aromatic nitrogens is 2. The van der Waals surface area contributed by atoms with E-state index in [4.69, 9.17) is 13.9 Å². The van der Waals surface area contributed by atoms with Crippen molar-refractivity contribution in [1.29, 1.82) is 0 Å². The number of ether oxygens (including phenoxy) is 2. The van der Waals surface area contributed by atoms with Gasteiger partial charge in [0.05, 0.1) is 5.25 Å². The lowest BCUT2D eigenvalue weighted by Gasteiger charge is -2.11. The maximum Gasteiger partial charge on any atom is 0.277 e. The van der Waals surface area contributed by atoms with E-state index in [0.29, 0.717) is 22.6 Å². The van der Waals surface area contributed by atoms with Crippen LogP contribution in [0, 0.1) is 0 Å². The van der Waals surface area contributed by atoms with Gasteiger partial charge in [0, 0.05) is 11.3 Å². The fourth-order valence-electron chi connectivity index (χ4n) is 3.50. The summed E-state index contributed by atoms with van der Waals surface area (Å²) in [5.74, 6) is 1.62. The van der Waals surface area contributed by atoms with Gasteiger partial charge in [0.15, 0.2) is 11.5 Å². The highest BCUT2D eigenvalue weighted by Gasteiger charge is 2.21. The zero-order valence-electron chi connectivity index (χ0n) is 15.8. The second-order valence-electron chi connectivity index (χ2n) is 7.03. The third kappa shape index (κ3) is 3.67. The van der Waals surface area contributed by atoms with Crippen LogP contribution in [0.1, 0.15) is 24.5 Å². The van der Waals surface area contributed by atoms with Crippen molar-refractivity contribution < 1.29 is 18.7 Å². The molecule has 3 aromatic rings. The molecular weight excluding hydrogens is 390 g/mol. The Hall–Kier alpha value is -3.00. The third-order valence-electron chi connectivity index (χ3n) is 5.04. The van der Waals surface area contributed by atoms with Gasteiger partial charge >= 0.3 is 0 Å². The Morgan fingerprint density at radius 2 is 1.93 bits per heavy atom. The molecule has 1 N–H and O–H groups in total. The van der Waals surface area contributed by atoms with Gasteiger partial charge in [-0.05, 0) is 67.6 Å². The van der Waals surface area contributed by atoms with Crippen LogP contribution in [0.5, 0.6) is 11.5 Å². The summed E-state index contributed by atoms with van der Waals surface area (Å²) >= 11 is 1.23. The number of fused-ring (bicyclic) bond motifs is 2. The Morgan fingerprint density at radius 3 is 2.86 bits per heavy atom. The number of nitrogens with one attached hydrogen (secondary N) is 1. The number of nitrogens with zero attached hydrogens (tertiary/aromatic N) is 2. The van der Waals surface area contributed by atoms with Crippen LogP contribution in [0.3, 0.4) is 0 Å². The van der Waals surface area contributed by atoms with Gasteiger partial charge in [0.25, 0.3) is 5.22 Å². The van der Waals surface area contributed by atoms with Gasteiger partial charge < -0.3 is 19.2 Å². The highest BCUT2D eigenvalue weighted by Crippen LogP contribution is 2.36. The molecule has 148 valence electrons. The van der Waals surface area contributed by atoms with Crippen LogP contribution in [0.4, 0.5) is 5.69 Å². The molecule has 0 saturated carbocycles. The molecule has 0 radical (unpaired) electrons. The number of amides is 1. The molecule has 0 spiro atoms. The molecule has 1 atom stereocenters. The Labute approximate surface area is 171 Å². The first-order valence-corrected chi connectivity index (χ1v) is 10.4. The predicted molar refractivity (Wildman–Crippen MR) is 108 cm³/mol. The summed E-state index contributed by atoms with van der Waals surface area (Å²) in [5.41, 5.74) is 4.28. The van der Waals surface area contributed by atoms with Gasteiger partial charge in [-0.15, -0.1) is 10.2 Å². The van der Waals surface area contributed by atoms with Crippen molar-refractivity contribution in [1.82, 2.24) is 10.2 Å². The molecule has 2 aromatic carbocycles. The number of carbonyl (C=O) groups excluding carboxylic acids is 1. The lowest BCUT2D eigenvalue weighted by atomic mass is 10.1. The van der Waals surface area contributed by atoms with Crippen molar-refractivity contribution in [2.75, 3.05) is 12.1 Å². The highest BCUT2D eigenvalue weighted by atomic mass is 32.2. The minimum atomic E-state index is -0.381. The Balaban J connectivity index is 1.24. The zero-order chi connectivity index (χ0) is 19.8. The largest absolute Gasteiger partial charge is 0.454 e. The van der Waals surface area contributed by atoms with Crippen LogP contribution in [-0.4, -0.2) is 28.1 Å². The van der Waals surface area contributed by atoms with Crippen LogP contribution >= 0.6 is 11.8 Å². The normalized spacial score (nSPS) is 15.2. The van der Waals surface area contributed by atoms with Gasteiger partial charge in [-0.3, -0.25) is 4.79 Å². The summed E-state index contributed by atoms with van der Waals surface area (Å²) in [4.78, 5) is 12.6. The predicted octanol–water partition coefficient (Wildman–Crippen LogP) is 4.07. The molecule has 1 aliphatic heterocycles. The van der Waals surface area contributed by atoms with Crippen molar-refractivity contribution in [3.05, 3.63) is 47.5 Å². The first-order valence-electron chi connectivity index (χ1n) is 9.48. The van der Waals surface area contributed by atoms with Crippen LogP contribution in [-0.2, 0) is 17.6 Å². The fraction of sp³-hybridized carbons (Fsp3) is 0.286. The van der Waals surface area contributed by atoms with E-state index in [9.17, 15) is 4.79 Å². The van der Waals surface area contributed by atoms with Crippen LogP contribution < -0.4 is 14.8 Å². The van der Waals surface area contributed by atoms with Crippen molar-refractivity contribution in [3.8, 4) is 23.0 Å². The summed E-state index contributed by atoms with van der Waals surface area (Å²) in [6.07, 6.45) is 3.38. The molecule has 0 saturated heterocycles. The lowest BCUT2D eigenvalue weighted by molar-refractivity contribution is -0.115. The quantitative estimate of drug-likeness (QED) is 0.636. The van der Waals surface area contributed by atoms with Gasteiger partial charge in [0.2, 0.25) is 18.6 Å². The molecule has 0 bridgehead atoms. The molecule has 1 amide bonds. The second-order valence-corrected chi connectivity index (χ2v) is 8.32. The molecule has 5 rings (SSSR count). The van der Waals surface area contributed by atoms with Gasteiger partial charge in [-0.25, -0.2) is 0 Å². The van der Waals surface area contributed by atoms with Crippen LogP contribution in [0.2, 0.25) is 0 Å². The zero-order valence-corrected chi connectivity index (χ0v) is 16.6. The van der Waals surface area contributed by atoms with E-state index in [1.807, 2.05) is 19.1 Å². The van der Waals surface area contributed by atoms with E-state index in [1.165, 1.54) is 29.3 Å². The summed E-state index contributed by atoms with van der Waals surface area (Å²) in [6, 6.07) is 11.6. The molecule has 7 nitrogen and oxygen atoms in total. The number of thioether (sulfide) groups is 1. The van der Waals surface area contributed by atoms with Gasteiger partial charge in [-0.2, -0.15) is 0 Å². The molecule has 1 aliphatic carbocycles. The van der Waals surface area contributed by atoms with E-state index >= 15 is 0 Å². The first kappa shape index (κ1) is 18.1. The monoisotopic (exact) mass is 409 g/mol. The van der Waals surface area contributed by atoms with Crippen molar-refractivity contribution >= 4 is 23.4 Å². The number of carbonyl (C=O) groups is 1. The Morgan fingerprint density at radius 1 is 1.07 bits per heavy atom. The number of anilines is 1. The van der Waals surface area contributed by atoms with E-state index in [0.717, 1.165) is 24.1 Å². The van der Waals surface area contributed by atoms with E-state index in [2.05, 4.69) is 27.6 Å². The first-order chi connectivity index (χ1) is 14.2. The Kier molecular flexibility index (Phi) is 4.63. The standard InChI is InChI=1S/C21H19N3O4S/c1-12(19(25)22-16-7-5-13-3-2-4-14(13)9-16)29-21-24-23-20(28-21)15-6-8-17-18(10-15)27-11-26-17/h5-10,12H,2-4,11H2,1H3,(H,22,25)/t12-/m0/s1. The number of hydrogen-bond acceptors (Lipinski definition) is 7. The summed E-state index contributed by atoms with van der Waals surface area (Å²) < 4.78 is 16.4. The second kappa shape index (κ2) is 7.44. The SMILES string of the molecule is C[C@H](Sc1nnc(-c2ccc3c(c2)OCO3)o1)C(=O)Nc1ccc2c(c1)CCC2.